The van der Waals surface area contributed by atoms with Gasteiger partial charge in [-0.15, -0.1) is 0 Å². The second-order valence-electron chi connectivity index (χ2n) is 14.4. The van der Waals surface area contributed by atoms with Crippen molar-refractivity contribution in [3.8, 4) is 0 Å². The van der Waals surface area contributed by atoms with Gasteiger partial charge in [0.25, 0.3) is 5.91 Å². The van der Waals surface area contributed by atoms with Gasteiger partial charge in [0.05, 0.1) is 23.7 Å². The first-order valence-electron chi connectivity index (χ1n) is 18.7. The van der Waals surface area contributed by atoms with Crippen LogP contribution in [0.25, 0.3) is 10.9 Å². The summed E-state index contributed by atoms with van der Waals surface area (Å²) in [5.41, 5.74) is 6.87. The number of nitrogens with one attached hydrogen (secondary N) is 4. The predicted octanol–water partition coefficient (Wildman–Crippen LogP) is 3.24. The summed E-state index contributed by atoms with van der Waals surface area (Å²) in [4.78, 5) is 88.6. The summed E-state index contributed by atoms with van der Waals surface area (Å²) in [5, 5.41) is 8.82. The van der Waals surface area contributed by atoms with Gasteiger partial charge in [0.15, 0.2) is 0 Å². The van der Waals surface area contributed by atoms with Crippen LogP contribution in [0.1, 0.15) is 65.3 Å². The van der Waals surface area contributed by atoms with Gasteiger partial charge in [-0.05, 0) is 81.7 Å². The van der Waals surface area contributed by atoms with E-state index in [1.54, 1.807) is 7.05 Å². The predicted molar refractivity (Wildman–Crippen MR) is 223 cm³/mol. The quantitative estimate of drug-likeness (QED) is 0.0509. The number of amides is 4. The van der Waals surface area contributed by atoms with Gasteiger partial charge >= 0.3 is 14.7 Å². The number of nitrogens with zero attached hydrogens (tertiary/aromatic N) is 2. The minimum absolute atomic E-state index is 0. The number of primary amides is 1. The Hall–Kier alpha value is -4.73. The van der Waals surface area contributed by atoms with Crippen LogP contribution in [0.5, 0.6) is 0 Å². The Morgan fingerprint density at radius 2 is 1.64 bits per heavy atom. The van der Waals surface area contributed by atoms with Crippen LogP contribution in [0, 0.1) is 0 Å². The number of benzene rings is 3. The van der Waals surface area contributed by atoms with Crippen LogP contribution in [0.15, 0.2) is 84.9 Å². The highest BCUT2D eigenvalue weighted by Crippen LogP contribution is 2.42. The van der Waals surface area contributed by atoms with E-state index in [0.29, 0.717) is 37.6 Å². The molecule has 5 unspecified atom stereocenters. The summed E-state index contributed by atoms with van der Waals surface area (Å²) >= 11 is 0. The van der Waals surface area contributed by atoms with E-state index in [9.17, 15) is 32.8 Å². The van der Waals surface area contributed by atoms with E-state index >= 15 is 0 Å². The average molecular weight is 858 g/mol. The fourth-order valence-corrected chi connectivity index (χ4v) is 7.46. The fraction of sp³-hybridized carbons (Fsp3) is 0.375. The van der Waals surface area contributed by atoms with Gasteiger partial charge in [0, 0.05) is 29.9 Å². The number of fused-ring (bicyclic) bond motifs is 1. The number of aromatic amines is 1. The third kappa shape index (κ3) is 12.9. The lowest BCUT2D eigenvalue weighted by molar-refractivity contribution is -0.189. The lowest BCUT2D eigenvalue weighted by atomic mass is 9.98. The molecule has 1 aliphatic rings. The zero-order valence-corrected chi connectivity index (χ0v) is 35.0. The molecular weight excluding hydrogens is 806 g/mol. The SMILES string of the molecule is CN(CCC1CCC(C(=O)NC(CCC(N)=O)C(=O)NC(c2ccccc2)c2ccccc2)N1C)CC(C=O)NC(=O)c1cc2cc(C(F)(F)OP(O)O)ccc2[nH]1.P. The molecule has 0 aliphatic carbocycles. The summed E-state index contributed by atoms with van der Waals surface area (Å²) in [6.07, 6.45) is -1.59. The molecule has 8 N–H and O–H groups in total. The minimum atomic E-state index is -3.97. The highest BCUT2D eigenvalue weighted by atomic mass is 31.2. The molecule has 0 saturated carbocycles. The first-order chi connectivity index (χ1) is 27.6. The zero-order chi connectivity index (χ0) is 42.0. The number of halogens is 2. The van der Waals surface area contributed by atoms with E-state index in [0.717, 1.165) is 23.3 Å². The van der Waals surface area contributed by atoms with Crippen molar-refractivity contribution in [2.24, 2.45) is 5.73 Å². The maximum Gasteiger partial charge on any atom is 0.389 e. The highest BCUT2D eigenvalue weighted by molar-refractivity contribution is 7.39. The first kappa shape index (κ1) is 47.0. The van der Waals surface area contributed by atoms with E-state index in [4.69, 9.17) is 15.5 Å². The number of aldehydes is 1. The molecular formula is C40H51F2N7O8P2. The number of alkyl halides is 2. The van der Waals surface area contributed by atoms with Gasteiger partial charge in [-0.1, -0.05) is 60.7 Å². The smallest absolute Gasteiger partial charge is 0.370 e. The maximum absolute atomic E-state index is 14.2. The average Bonchev–Trinajstić information content (AvgIpc) is 3.80. The first-order valence-corrected chi connectivity index (χ1v) is 19.8. The van der Waals surface area contributed by atoms with Crippen molar-refractivity contribution in [1.29, 1.82) is 0 Å². The lowest BCUT2D eigenvalue weighted by Gasteiger charge is -2.29. The Balaban J connectivity index is 0.00000769. The highest BCUT2D eigenvalue weighted by Gasteiger charge is 2.38. The van der Waals surface area contributed by atoms with Crippen molar-refractivity contribution < 1.29 is 47.1 Å². The second-order valence-corrected chi connectivity index (χ2v) is 15.0. The van der Waals surface area contributed by atoms with Gasteiger partial charge in [-0.2, -0.15) is 18.7 Å². The van der Waals surface area contributed by atoms with Crippen LogP contribution in [-0.2, 0) is 29.8 Å². The summed E-state index contributed by atoms with van der Waals surface area (Å²) in [7, 11) is 0.311. The molecule has 15 nitrogen and oxygen atoms in total. The molecule has 4 amide bonds. The van der Waals surface area contributed by atoms with E-state index in [1.165, 1.54) is 12.1 Å². The van der Waals surface area contributed by atoms with E-state index < -0.39 is 62.2 Å². The number of hydrogen-bond donors (Lipinski definition) is 7. The Kier molecular flexibility index (Phi) is 17.1. The number of likely N-dealkylation sites (tertiary alicyclic amines) is 1. The molecule has 0 bridgehead atoms. The topological polar surface area (TPSA) is 219 Å². The second kappa shape index (κ2) is 21.5. The van der Waals surface area contributed by atoms with E-state index in [2.05, 4.69) is 25.5 Å². The van der Waals surface area contributed by atoms with Crippen LogP contribution in [0.3, 0.4) is 0 Å². The molecule has 59 heavy (non-hydrogen) atoms. The number of likely N-dealkylation sites (N-methyl/N-ethyl adjacent to an activating group) is 2. The van der Waals surface area contributed by atoms with Gasteiger partial charge in [-0.25, -0.2) is 4.52 Å². The van der Waals surface area contributed by atoms with Crippen LogP contribution in [-0.4, -0.2) is 106 Å². The Morgan fingerprint density at radius 3 is 2.24 bits per heavy atom. The number of carbonyl (C=O) groups excluding carboxylic acids is 5. The Morgan fingerprint density at radius 1 is 1.00 bits per heavy atom. The largest absolute Gasteiger partial charge is 0.389 e. The van der Waals surface area contributed by atoms with Crippen molar-refractivity contribution in [3.05, 3.63) is 107 Å². The molecule has 5 atom stereocenters. The van der Waals surface area contributed by atoms with Crippen LogP contribution < -0.4 is 21.7 Å². The molecule has 1 aliphatic heterocycles. The molecule has 19 heteroatoms. The van der Waals surface area contributed by atoms with Crippen molar-refractivity contribution in [2.45, 2.75) is 68.4 Å². The number of hydrogen-bond acceptors (Lipinski definition) is 10. The third-order valence-electron chi connectivity index (χ3n) is 10.2. The summed E-state index contributed by atoms with van der Waals surface area (Å²) in [5.74, 6) is -2.02. The molecule has 3 aromatic carbocycles. The summed E-state index contributed by atoms with van der Waals surface area (Å²) in [6.45, 7) is 0.682. The zero-order valence-electron chi connectivity index (χ0n) is 32.7. The third-order valence-corrected chi connectivity index (χ3v) is 10.6. The molecule has 0 spiro atoms. The molecule has 5 rings (SSSR count). The molecule has 1 aromatic heterocycles. The molecule has 1 saturated heterocycles. The minimum Gasteiger partial charge on any atom is -0.370 e. The maximum atomic E-state index is 14.2. The molecule has 4 aromatic rings. The van der Waals surface area contributed by atoms with Gasteiger partial charge in [0.1, 0.15) is 18.0 Å². The molecule has 2 heterocycles. The lowest BCUT2D eigenvalue weighted by Crippen LogP contribution is -2.53. The van der Waals surface area contributed by atoms with Crippen LogP contribution >= 0.6 is 18.5 Å². The van der Waals surface area contributed by atoms with Crippen LogP contribution in [0.2, 0.25) is 0 Å². The van der Waals surface area contributed by atoms with Gasteiger partial charge in [-0.3, -0.25) is 24.1 Å². The normalized spacial score (nSPS) is 16.8. The monoisotopic (exact) mass is 857 g/mol. The van der Waals surface area contributed by atoms with Crippen molar-refractivity contribution in [3.63, 3.8) is 0 Å². The fourth-order valence-electron chi connectivity index (χ4n) is 7.15. The van der Waals surface area contributed by atoms with Crippen molar-refractivity contribution in [1.82, 2.24) is 30.7 Å². The van der Waals surface area contributed by atoms with E-state index in [-0.39, 0.29) is 52.3 Å². The number of nitrogens with two attached hydrogens (primary N) is 1. The van der Waals surface area contributed by atoms with Gasteiger partial charge < -0.3 is 46.1 Å². The van der Waals surface area contributed by atoms with Crippen LogP contribution in [0.4, 0.5) is 8.78 Å². The number of H-pyrrole nitrogens is 1. The van der Waals surface area contributed by atoms with E-state index in [1.807, 2.05) is 77.5 Å². The molecule has 318 valence electrons. The summed E-state index contributed by atoms with van der Waals surface area (Å²) in [6, 6.07) is 20.6. The van der Waals surface area contributed by atoms with Gasteiger partial charge in [0.2, 0.25) is 17.7 Å². The van der Waals surface area contributed by atoms with Crippen molar-refractivity contribution >= 4 is 59.3 Å². The number of aromatic nitrogens is 1. The van der Waals surface area contributed by atoms with Crippen molar-refractivity contribution in [2.75, 3.05) is 27.2 Å². The Labute approximate surface area is 345 Å². The number of rotatable bonds is 20. The molecule has 0 radical (unpaired) electrons. The Bertz CT molecular complexity index is 2010. The summed E-state index contributed by atoms with van der Waals surface area (Å²) < 4.78 is 32.4. The number of carbonyl (C=O) groups is 5. The molecule has 1 fully saturated rings. The standard InChI is InChI=1S/C40H48F2N7O8P.H3P/c1-48(23-29(24-50)44-38(53)33-22-27-21-28(13-15-31(27)45-33)40(41,42)57-58(55)56)20-19-30-14-17-34(49(30)2)39(54)46-32(16-18-35(43)51)37(52)47-36(25-9-5-3-6-10-25)26-11-7-4-8-12-26;/h3-13,15,21-22,24,29-30,32,34,36,45,55-56H,14,16-20,23H2,1-2H3,(H2,43,51)(H,44,53)(H,46,54)(H,47,52);1H3.